The molecular weight excluding hydrogens is 208 g/mol. The van der Waals surface area contributed by atoms with E-state index in [-0.39, 0.29) is 6.10 Å². The van der Waals surface area contributed by atoms with Gasteiger partial charge in [-0.3, -0.25) is 0 Å². The lowest BCUT2D eigenvalue weighted by atomic mass is 10.0. The van der Waals surface area contributed by atoms with Gasteiger partial charge in [-0.15, -0.1) is 5.92 Å². The fourth-order valence-electron chi connectivity index (χ4n) is 1.80. The maximum absolute atomic E-state index is 5.64. The first-order valence-corrected chi connectivity index (χ1v) is 5.81. The summed E-state index contributed by atoms with van der Waals surface area (Å²) in [6.07, 6.45) is 0.0838. The lowest BCUT2D eigenvalue weighted by Crippen LogP contribution is -2.00. The Morgan fingerprint density at radius 1 is 1.12 bits per heavy atom. The Hall–Kier alpha value is -1.78. The van der Waals surface area contributed by atoms with E-state index in [9.17, 15) is 0 Å². The highest BCUT2D eigenvalue weighted by atomic mass is 16.5. The minimum absolute atomic E-state index is 0.0838. The van der Waals surface area contributed by atoms with Crippen molar-refractivity contribution >= 4 is 10.8 Å². The first kappa shape index (κ1) is 11.7. The van der Waals surface area contributed by atoms with Crippen molar-refractivity contribution in [1.29, 1.82) is 0 Å². The molecule has 0 radical (unpaired) electrons. The molecule has 0 bridgehead atoms. The van der Waals surface area contributed by atoms with Gasteiger partial charge in [-0.2, -0.15) is 0 Å². The Bertz CT molecular complexity index is 560. The van der Waals surface area contributed by atoms with Crippen LogP contribution >= 0.6 is 0 Å². The number of fused-ring (bicyclic) bond motifs is 1. The standard InChI is InChI=1S/C16H16O/c1-3-4-11-17-13(2)15-10-9-14-7-5-6-8-16(14)12-15/h5-10,12-13H,11H2,1-2H3. The number of hydrogen-bond donors (Lipinski definition) is 0. The fraction of sp³-hybridized carbons (Fsp3) is 0.250. The second kappa shape index (κ2) is 5.52. The first-order valence-electron chi connectivity index (χ1n) is 5.81. The molecule has 1 heteroatoms. The molecule has 1 nitrogen and oxygen atoms in total. The summed E-state index contributed by atoms with van der Waals surface area (Å²) < 4.78 is 5.64. The van der Waals surface area contributed by atoms with Gasteiger partial charge in [0.15, 0.2) is 0 Å². The Morgan fingerprint density at radius 2 is 1.88 bits per heavy atom. The highest BCUT2D eigenvalue weighted by Crippen LogP contribution is 2.22. The van der Waals surface area contributed by atoms with E-state index in [1.807, 2.05) is 6.92 Å². The Balaban J connectivity index is 2.19. The molecule has 0 aliphatic heterocycles. The van der Waals surface area contributed by atoms with Crippen molar-refractivity contribution in [3.05, 3.63) is 48.0 Å². The van der Waals surface area contributed by atoms with Crippen LogP contribution in [0.1, 0.15) is 25.5 Å². The molecule has 0 N–H and O–H groups in total. The van der Waals surface area contributed by atoms with Crippen LogP contribution in [-0.4, -0.2) is 6.61 Å². The van der Waals surface area contributed by atoms with Gasteiger partial charge in [-0.1, -0.05) is 42.3 Å². The van der Waals surface area contributed by atoms with E-state index in [4.69, 9.17) is 4.74 Å². The summed E-state index contributed by atoms with van der Waals surface area (Å²) in [5, 5.41) is 2.51. The molecule has 0 heterocycles. The predicted molar refractivity (Wildman–Crippen MR) is 71.8 cm³/mol. The van der Waals surface area contributed by atoms with Crippen LogP contribution in [0.5, 0.6) is 0 Å². The molecule has 2 rings (SSSR count). The van der Waals surface area contributed by atoms with Crippen LogP contribution in [0.4, 0.5) is 0 Å². The molecule has 0 aromatic heterocycles. The van der Waals surface area contributed by atoms with E-state index in [0.717, 1.165) is 0 Å². The van der Waals surface area contributed by atoms with Crippen molar-refractivity contribution in [1.82, 2.24) is 0 Å². The van der Waals surface area contributed by atoms with Crippen LogP contribution in [-0.2, 0) is 4.74 Å². The molecule has 86 valence electrons. The SMILES string of the molecule is CC#CCOC(C)c1ccc2ccccc2c1. The molecule has 0 aliphatic carbocycles. The highest BCUT2D eigenvalue weighted by molar-refractivity contribution is 5.83. The predicted octanol–water partition coefficient (Wildman–Crippen LogP) is 3.94. The zero-order valence-corrected chi connectivity index (χ0v) is 10.2. The van der Waals surface area contributed by atoms with Gasteiger partial charge in [0.2, 0.25) is 0 Å². The maximum Gasteiger partial charge on any atom is 0.108 e. The molecule has 17 heavy (non-hydrogen) atoms. The molecule has 1 unspecified atom stereocenters. The number of hydrogen-bond acceptors (Lipinski definition) is 1. The Kier molecular flexibility index (Phi) is 3.80. The van der Waals surface area contributed by atoms with Crippen LogP contribution in [0.3, 0.4) is 0 Å². The zero-order valence-electron chi connectivity index (χ0n) is 10.2. The van der Waals surface area contributed by atoms with E-state index in [1.165, 1.54) is 16.3 Å². The Morgan fingerprint density at radius 3 is 2.65 bits per heavy atom. The fourth-order valence-corrected chi connectivity index (χ4v) is 1.80. The molecule has 2 aromatic rings. The third-order valence-corrected chi connectivity index (χ3v) is 2.83. The zero-order chi connectivity index (χ0) is 12.1. The lowest BCUT2D eigenvalue weighted by Gasteiger charge is -2.12. The largest absolute Gasteiger partial charge is 0.361 e. The van der Waals surface area contributed by atoms with E-state index in [1.54, 1.807) is 0 Å². The summed E-state index contributed by atoms with van der Waals surface area (Å²) in [5.41, 5.74) is 1.20. The number of ether oxygens (including phenoxy) is 1. The Labute approximate surface area is 102 Å². The monoisotopic (exact) mass is 224 g/mol. The van der Waals surface area contributed by atoms with Gasteiger partial charge in [-0.05, 0) is 36.2 Å². The van der Waals surface area contributed by atoms with E-state index in [2.05, 4.69) is 61.2 Å². The molecule has 0 aliphatic rings. The second-order valence-corrected chi connectivity index (χ2v) is 3.99. The van der Waals surface area contributed by atoms with Crippen LogP contribution in [0.15, 0.2) is 42.5 Å². The van der Waals surface area contributed by atoms with Crippen molar-refractivity contribution in [3.63, 3.8) is 0 Å². The summed E-state index contributed by atoms with van der Waals surface area (Å²) in [6, 6.07) is 14.8. The van der Waals surface area contributed by atoms with Gasteiger partial charge in [-0.25, -0.2) is 0 Å². The van der Waals surface area contributed by atoms with Gasteiger partial charge in [0.05, 0.1) is 6.10 Å². The van der Waals surface area contributed by atoms with Crippen molar-refractivity contribution < 1.29 is 4.74 Å². The number of benzene rings is 2. The van der Waals surface area contributed by atoms with Crippen molar-refractivity contribution in [3.8, 4) is 11.8 Å². The summed E-state index contributed by atoms with van der Waals surface area (Å²) in [4.78, 5) is 0. The van der Waals surface area contributed by atoms with Crippen LogP contribution in [0, 0.1) is 11.8 Å². The first-order chi connectivity index (χ1) is 8.31. The minimum Gasteiger partial charge on any atom is -0.361 e. The average molecular weight is 224 g/mol. The summed E-state index contributed by atoms with van der Waals surface area (Å²) in [5.74, 6) is 5.74. The average Bonchev–Trinajstić information content (AvgIpc) is 2.38. The van der Waals surface area contributed by atoms with Crippen LogP contribution in [0.25, 0.3) is 10.8 Å². The van der Waals surface area contributed by atoms with Crippen molar-refractivity contribution in [2.45, 2.75) is 20.0 Å². The van der Waals surface area contributed by atoms with Gasteiger partial charge in [0.1, 0.15) is 6.61 Å². The molecule has 0 saturated heterocycles. The molecular formula is C16H16O. The third kappa shape index (κ3) is 2.87. The minimum atomic E-state index is 0.0838. The molecule has 0 spiro atoms. The van der Waals surface area contributed by atoms with Gasteiger partial charge in [0, 0.05) is 0 Å². The molecule has 0 fully saturated rings. The van der Waals surface area contributed by atoms with E-state index >= 15 is 0 Å². The number of rotatable bonds is 3. The maximum atomic E-state index is 5.64. The molecule has 0 amide bonds. The van der Waals surface area contributed by atoms with E-state index < -0.39 is 0 Å². The highest BCUT2D eigenvalue weighted by Gasteiger charge is 2.05. The van der Waals surface area contributed by atoms with Crippen molar-refractivity contribution in [2.24, 2.45) is 0 Å². The second-order valence-electron chi connectivity index (χ2n) is 3.99. The quantitative estimate of drug-likeness (QED) is 0.717. The summed E-state index contributed by atoms with van der Waals surface area (Å²) in [7, 11) is 0. The van der Waals surface area contributed by atoms with E-state index in [0.29, 0.717) is 6.61 Å². The smallest absolute Gasteiger partial charge is 0.108 e. The van der Waals surface area contributed by atoms with Gasteiger partial charge >= 0.3 is 0 Å². The normalized spacial score (nSPS) is 11.9. The molecule has 1 atom stereocenters. The lowest BCUT2D eigenvalue weighted by molar-refractivity contribution is 0.0927. The van der Waals surface area contributed by atoms with Crippen LogP contribution < -0.4 is 0 Å². The summed E-state index contributed by atoms with van der Waals surface area (Å²) >= 11 is 0. The van der Waals surface area contributed by atoms with Gasteiger partial charge in [0.25, 0.3) is 0 Å². The molecule has 2 aromatic carbocycles. The third-order valence-electron chi connectivity index (χ3n) is 2.83. The van der Waals surface area contributed by atoms with Gasteiger partial charge < -0.3 is 4.74 Å². The topological polar surface area (TPSA) is 9.23 Å². The summed E-state index contributed by atoms with van der Waals surface area (Å²) in [6.45, 7) is 4.37. The van der Waals surface area contributed by atoms with Crippen LogP contribution in [0.2, 0.25) is 0 Å². The van der Waals surface area contributed by atoms with Crippen molar-refractivity contribution in [2.75, 3.05) is 6.61 Å². The molecule has 0 saturated carbocycles.